The molecule has 2 bridgehead atoms. The van der Waals surface area contributed by atoms with Gasteiger partial charge in [0.2, 0.25) is 11.8 Å². The lowest BCUT2D eigenvalue weighted by Crippen LogP contribution is -2.67. The highest BCUT2D eigenvalue weighted by Crippen LogP contribution is 2.39. The summed E-state index contributed by atoms with van der Waals surface area (Å²) in [6.07, 6.45) is 5.15. The van der Waals surface area contributed by atoms with Crippen LogP contribution in [0.1, 0.15) is 31.2 Å². The van der Waals surface area contributed by atoms with E-state index >= 15 is 0 Å². The number of amides is 2. The first-order valence-corrected chi connectivity index (χ1v) is 9.14. The third kappa shape index (κ3) is 2.97. The van der Waals surface area contributed by atoms with Crippen LogP contribution in [-0.4, -0.2) is 46.9 Å². The van der Waals surface area contributed by atoms with Crippen LogP contribution in [0.25, 0.3) is 0 Å². The molecule has 0 saturated carbocycles. The Kier molecular flexibility index (Phi) is 4.33. The van der Waals surface area contributed by atoms with E-state index < -0.39 is 0 Å². The lowest BCUT2D eigenvalue weighted by Gasteiger charge is -2.53. The molecular formula is C18H25N5O2. The Labute approximate surface area is 147 Å². The van der Waals surface area contributed by atoms with Gasteiger partial charge in [-0.15, -0.1) is 0 Å². The van der Waals surface area contributed by atoms with Crippen LogP contribution in [0.15, 0.2) is 18.3 Å². The zero-order valence-corrected chi connectivity index (χ0v) is 14.3. The van der Waals surface area contributed by atoms with Crippen LogP contribution in [0.4, 0.5) is 5.82 Å². The molecule has 3 aliphatic rings. The Morgan fingerprint density at radius 1 is 1.40 bits per heavy atom. The van der Waals surface area contributed by atoms with Crippen molar-refractivity contribution in [3.8, 4) is 0 Å². The number of aromatic nitrogens is 1. The molecule has 4 rings (SSSR count). The maximum absolute atomic E-state index is 13.0. The molecule has 0 radical (unpaired) electrons. The van der Waals surface area contributed by atoms with E-state index in [4.69, 9.17) is 5.73 Å². The standard InChI is InChI=1S/C18H25N5O2/c19-17-11(3-2-6-21-17)10-22-18(25)16-13-7-12(8-20-9-13)14-4-1-5-15(24)23(14)16/h2-3,6,12-14,16,20H,1,4-5,7-10H2,(H2,19,21)(H,22,25)/t12-,13+,14+,16-/m1/s1. The summed E-state index contributed by atoms with van der Waals surface area (Å²) in [5.41, 5.74) is 6.66. The number of hydrogen-bond donors (Lipinski definition) is 3. The van der Waals surface area contributed by atoms with E-state index in [9.17, 15) is 9.59 Å². The summed E-state index contributed by atoms with van der Waals surface area (Å²) in [5, 5.41) is 6.44. The van der Waals surface area contributed by atoms with Crippen molar-refractivity contribution >= 4 is 17.6 Å². The van der Waals surface area contributed by atoms with Crippen molar-refractivity contribution in [1.29, 1.82) is 0 Å². The van der Waals surface area contributed by atoms with Crippen molar-refractivity contribution in [1.82, 2.24) is 20.5 Å². The third-order valence-corrected chi connectivity index (χ3v) is 5.89. The van der Waals surface area contributed by atoms with Crippen molar-refractivity contribution in [2.45, 2.75) is 44.3 Å². The number of rotatable bonds is 3. The van der Waals surface area contributed by atoms with Gasteiger partial charge in [0.05, 0.1) is 0 Å². The molecule has 7 nitrogen and oxygen atoms in total. The van der Waals surface area contributed by atoms with Gasteiger partial charge in [-0.05, 0) is 37.8 Å². The third-order valence-electron chi connectivity index (χ3n) is 5.89. The lowest BCUT2D eigenvalue weighted by atomic mass is 9.72. The molecule has 3 aliphatic heterocycles. The molecule has 4 atom stereocenters. The van der Waals surface area contributed by atoms with Crippen molar-refractivity contribution in [2.24, 2.45) is 11.8 Å². The molecule has 1 aromatic rings. The second-order valence-corrected chi connectivity index (χ2v) is 7.39. The molecule has 7 heteroatoms. The average molecular weight is 343 g/mol. The number of fused-ring (bicyclic) bond motifs is 4. The topological polar surface area (TPSA) is 100 Å². The first kappa shape index (κ1) is 16.3. The molecule has 4 heterocycles. The minimum Gasteiger partial charge on any atom is -0.383 e. The van der Waals surface area contributed by atoms with Gasteiger partial charge < -0.3 is 21.3 Å². The Morgan fingerprint density at radius 2 is 2.24 bits per heavy atom. The molecule has 134 valence electrons. The predicted octanol–water partition coefficient (Wildman–Crippen LogP) is 0.269. The SMILES string of the molecule is Nc1ncccc1CNC(=O)[C@H]1[C@@H]2CNC[C@@H](C2)[C@@H]2CCCC(=O)N21. The number of nitrogen functional groups attached to an aromatic ring is 1. The van der Waals surface area contributed by atoms with Crippen molar-refractivity contribution in [2.75, 3.05) is 18.8 Å². The van der Waals surface area contributed by atoms with E-state index in [2.05, 4.69) is 15.6 Å². The van der Waals surface area contributed by atoms with Crippen molar-refractivity contribution < 1.29 is 9.59 Å². The minimum atomic E-state index is -0.375. The maximum Gasteiger partial charge on any atom is 0.243 e. The Bertz CT molecular complexity index is 679. The maximum atomic E-state index is 13.0. The van der Waals surface area contributed by atoms with Crippen LogP contribution in [-0.2, 0) is 16.1 Å². The average Bonchev–Trinajstić information content (AvgIpc) is 2.62. The van der Waals surface area contributed by atoms with Gasteiger partial charge >= 0.3 is 0 Å². The summed E-state index contributed by atoms with van der Waals surface area (Å²) in [5.74, 6) is 1.15. The fourth-order valence-corrected chi connectivity index (χ4v) is 4.74. The van der Waals surface area contributed by atoms with Crippen LogP contribution >= 0.6 is 0 Å². The quantitative estimate of drug-likeness (QED) is 0.731. The largest absolute Gasteiger partial charge is 0.383 e. The van der Waals surface area contributed by atoms with Gasteiger partial charge in [-0.25, -0.2) is 4.98 Å². The van der Waals surface area contributed by atoms with Gasteiger partial charge in [0, 0.05) is 43.2 Å². The van der Waals surface area contributed by atoms with E-state index in [0.29, 0.717) is 24.7 Å². The summed E-state index contributed by atoms with van der Waals surface area (Å²) >= 11 is 0. The predicted molar refractivity (Wildman–Crippen MR) is 93.2 cm³/mol. The summed E-state index contributed by atoms with van der Waals surface area (Å²) in [4.78, 5) is 31.5. The molecule has 3 saturated heterocycles. The molecule has 2 amide bonds. The molecule has 25 heavy (non-hydrogen) atoms. The van der Waals surface area contributed by atoms with E-state index in [1.807, 2.05) is 11.0 Å². The highest BCUT2D eigenvalue weighted by molar-refractivity contribution is 5.89. The summed E-state index contributed by atoms with van der Waals surface area (Å²) in [6, 6.07) is 3.48. The van der Waals surface area contributed by atoms with E-state index in [1.54, 1.807) is 12.3 Å². The first-order valence-electron chi connectivity index (χ1n) is 9.14. The molecule has 0 unspecified atom stereocenters. The van der Waals surface area contributed by atoms with Crippen LogP contribution in [0.5, 0.6) is 0 Å². The van der Waals surface area contributed by atoms with Gasteiger partial charge in [0.15, 0.2) is 0 Å². The molecular weight excluding hydrogens is 318 g/mol. The fourth-order valence-electron chi connectivity index (χ4n) is 4.74. The minimum absolute atomic E-state index is 0.0735. The summed E-state index contributed by atoms with van der Waals surface area (Å²) in [6.45, 7) is 2.08. The van der Waals surface area contributed by atoms with Crippen LogP contribution in [0.3, 0.4) is 0 Å². The molecule has 1 aromatic heterocycles. The number of hydrogen-bond acceptors (Lipinski definition) is 5. The Balaban J connectivity index is 1.53. The van der Waals surface area contributed by atoms with Gasteiger partial charge in [-0.3, -0.25) is 9.59 Å². The second-order valence-electron chi connectivity index (χ2n) is 7.39. The Hall–Kier alpha value is -2.15. The number of nitrogens with one attached hydrogen (secondary N) is 2. The van der Waals surface area contributed by atoms with Gasteiger partial charge in [-0.1, -0.05) is 6.07 Å². The number of carbonyl (C=O) groups excluding carboxylic acids is 2. The summed E-state index contributed by atoms with van der Waals surface area (Å²) < 4.78 is 0. The lowest BCUT2D eigenvalue weighted by molar-refractivity contribution is -0.157. The molecule has 3 fully saturated rings. The second kappa shape index (κ2) is 6.63. The molecule has 0 aromatic carbocycles. The number of nitrogens with zero attached hydrogens (tertiary/aromatic N) is 2. The van der Waals surface area contributed by atoms with Gasteiger partial charge in [-0.2, -0.15) is 0 Å². The number of carbonyl (C=O) groups is 2. The van der Waals surface area contributed by atoms with E-state index in [-0.39, 0.29) is 29.8 Å². The normalized spacial score (nSPS) is 31.4. The summed E-state index contributed by atoms with van der Waals surface area (Å²) in [7, 11) is 0. The molecule has 0 spiro atoms. The highest BCUT2D eigenvalue weighted by Gasteiger charge is 2.50. The number of anilines is 1. The van der Waals surface area contributed by atoms with E-state index in [1.165, 1.54) is 0 Å². The van der Waals surface area contributed by atoms with E-state index in [0.717, 1.165) is 37.9 Å². The van der Waals surface area contributed by atoms with Crippen molar-refractivity contribution in [3.05, 3.63) is 23.9 Å². The molecule has 4 N–H and O–H groups in total. The van der Waals surface area contributed by atoms with Crippen LogP contribution in [0.2, 0.25) is 0 Å². The van der Waals surface area contributed by atoms with Gasteiger partial charge in [0.1, 0.15) is 11.9 Å². The fraction of sp³-hybridized carbons (Fsp3) is 0.611. The monoisotopic (exact) mass is 343 g/mol. The van der Waals surface area contributed by atoms with Gasteiger partial charge in [0.25, 0.3) is 0 Å². The Morgan fingerprint density at radius 3 is 3.08 bits per heavy atom. The smallest absolute Gasteiger partial charge is 0.243 e. The van der Waals surface area contributed by atoms with Crippen LogP contribution in [0, 0.1) is 11.8 Å². The zero-order chi connectivity index (χ0) is 17.4. The number of piperidine rings is 3. The molecule has 0 aliphatic carbocycles. The van der Waals surface area contributed by atoms with Crippen molar-refractivity contribution in [3.63, 3.8) is 0 Å². The number of nitrogens with two attached hydrogens (primary N) is 1. The van der Waals surface area contributed by atoms with Crippen LogP contribution < -0.4 is 16.4 Å². The zero-order valence-electron chi connectivity index (χ0n) is 14.3. The highest BCUT2D eigenvalue weighted by atomic mass is 16.2. The number of pyridine rings is 1. The first-order chi connectivity index (χ1) is 12.1.